The Morgan fingerprint density at radius 3 is 1.21 bits per heavy atom. The summed E-state index contributed by atoms with van der Waals surface area (Å²) < 4.78 is 15.0. The molecule has 0 saturated carbocycles. The van der Waals surface area contributed by atoms with Crippen molar-refractivity contribution < 1.29 is 4.57 Å². The Labute approximate surface area is 278 Å². The average Bonchev–Trinajstić information content (AvgIpc) is 3.16. The Kier molecular flexibility index (Phi) is 5.92. The van der Waals surface area contributed by atoms with Gasteiger partial charge in [0.25, 0.3) is 0 Å². The van der Waals surface area contributed by atoms with Crippen LogP contribution in [0.1, 0.15) is 0 Å². The van der Waals surface area contributed by atoms with E-state index >= 15 is 4.57 Å². The van der Waals surface area contributed by atoms with Crippen molar-refractivity contribution in [1.29, 1.82) is 0 Å². The summed E-state index contributed by atoms with van der Waals surface area (Å²) in [4.78, 5) is 0. The van der Waals surface area contributed by atoms with E-state index in [4.69, 9.17) is 0 Å². The zero-order chi connectivity index (χ0) is 31.8. The lowest BCUT2D eigenvalue weighted by atomic mass is 9.86. The molecule has 0 N–H and O–H groups in total. The Bertz CT molecular complexity index is 2840. The fourth-order valence-electron chi connectivity index (χ4n) is 8.04. The molecule has 0 aliphatic heterocycles. The van der Waals surface area contributed by atoms with Crippen LogP contribution in [0.15, 0.2) is 176 Å². The Morgan fingerprint density at radius 2 is 0.708 bits per heavy atom. The third-order valence-electron chi connectivity index (χ3n) is 10.2. The summed E-state index contributed by atoms with van der Waals surface area (Å²) in [6, 6.07) is 62.1. The van der Waals surface area contributed by atoms with Gasteiger partial charge in [0, 0.05) is 15.9 Å². The van der Waals surface area contributed by atoms with Crippen LogP contribution in [0.2, 0.25) is 0 Å². The molecule has 0 amide bonds. The van der Waals surface area contributed by atoms with Gasteiger partial charge in [-0.05, 0) is 87.9 Å². The van der Waals surface area contributed by atoms with Gasteiger partial charge in [-0.3, -0.25) is 0 Å². The van der Waals surface area contributed by atoms with E-state index in [0.29, 0.717) is 0 Å². The van der Waals surface area contributed by atoms with Gasteiger partial charge in [-0.25, -0.2) is 0 Å². The second-order valence-corrected chi connectivity index (χ2v) is 15.6. The molecule has 0 atom stereocenters. The van der Waals surface area contributed by atoms with Crippen LogP contribution in [-0.2, 0) is 4.57 Å². The van der Waals surface area contributed by atoms with Gasteiger partial charge in [0.1, 0.15) is 0 Å². The quantitative estimate of drug-likeness (QED) is 0.140. The summed E-state index contributed by atoms with van der Waals surface area (Å²) in [6.07, 6.45) is 0. The number of rotatable bonds is 4. The highest BCUT2D eigenvalue weighted by Gasteiger charge is 2.29. The van der Waals surface area contributed by atoms with Crippen LogP contribution < -0.4 is 15.9 Å². The highest BCUT2D eigenvalue weighted by atomic mass is 31.2. The summed E-state index contributed by atoms with van der Waals surface area (Å²) >= 11 is 0. The minimum absolute atomic E-state index is 0.836. The smallest absolute Gasteiger partial charge is 0.171 e. The SMILES string of the molecule is O=P(c1ccccc1)(c1ccccc1)c1ccc(-c2cc3ccc4cccc5c6cccc7ccc8cccc(c(c2)c3c45)c8c76)cc1. The van der Waals surface area contributed by atoms with Gasteiger partial charge in [0.15, 0.2) is 7.14 Å². The molecule has 0 radical (unpaired) electrons. The Morgan fingerprint density at radius 1 is 0.292 bits per heavy atom. The molecule has 0 aromatic heterocycles. The van der Waals surface area contributed by atoms with Gasteiger partial charge < -0.3 is 4.57 Å². The monoisotopic (exact) mass is 628 g/mol. The van der Waals surface area contributed by atoms with Gasteiger partial charge in [-0.2, -0.15) is 0 Å². The van der Waals surface area contributed by atoms with Crippen LogP contribution >= 0.6 is 7.14 Å². The molecular weight excluding hydrogens is 599 g/mol. The lowest BCUT2D eigenvalue weighted by Crippen LogP contribution is -2.24. The van der Waals surface area contributed by atoms with Crippen LogP contribution in [0.5, 0.6) is 0 Å². The number of fused-ring (bicyclic) bond motifs is 2. The van der Waals surface area contributed by atoms with E-state index in [0.717, 1.165) is 27.0 Å². The minimum Gasteiger partial charge on any atom is -0.309 e. The van der Waals surface area contributed by atoms with Crippen molar-refractivity contribution in [3.8, 4) is 11.1 Å². The highest BCUT2D eigenvalue weighted by Crippen LogP contribution is 2.45. The number of benzene rings is 9. The summed E-state index contributed by atoms with van der Waals surface area (Å²) in [5, 5.41) is 17.8. The fourth-order valence-corrected chi connectivity index (χ4v) is 10.7. The van der Waals surface area contributed by atoms with Crippen LogP contribution in [-0.4, -0.2) is 0 Å². The molecule has 0 fully saturated rings. The average molecular weight is 629 g/mol. The van der Waals surface area contributed by atoms with Gasteiger partial charge >= 0.3 is 0 Å². The molecule has 1 nitrogen and oxygen atoms in total. The Hall–Kier alpha value is -5.75. The molecule has 2 heteroatoms. The van der Waals surface area contributed by atoms with Gasteiger partial charge in [-0.15, -0.1) is 0 Å². The van der Waals surface area contributed by atoms with E-state index in [1.54, 1.807) is 0 Å². The molecule has 0 bridgehead atoms. The van der Waals surface area contributed by atoms with Crippen LogP contribution in [0.3, 0.4) is 0 Å². The van der Waals surface area contributed by atoms with Crippen LogP contribution in [0.4, 0.5) is 0 Å². The zero-order valence-corrected chi connectivity index (χ0v) is 27.0. The zero-order valence-electron chi connectivity index (χ0n) is 26.1. The lowest BCUT2D eigenvalue weighted by Gasteiger charge is -2.20. The lowest BCUT2D eigenvalue weighted by molar-refractivity contribution is 0.592. The van der Waals surface area contributed by atoms with Crippen molar-refractivity contribution in [3.63, 3.8) is 0 Å². The first-order chi connectivity index (χ1) is 23.7. The summed E-state index contributed by atoms with van der Waals surface area (Å²) in [7, 11) is -3.06. The molecule has 10 aromatic rings. The summed E-state index contributed by atoms with van der Waals surface area (Å²) in [5.74, 6) is 0. The molecule has 0 aliphatic rings. The van der Waals surface area contributed by atoms with Crippen molar-refractivity contribution in [2.45, 2.75) is 0 Å². The largest absolute Gasteiger partial charge is 0.309 e. The van der Waals surface area contributed by atoms with Gasteiger partial charge in [0.05, 0.1) is 0 Å². The van der Waals surface area contributed by atoms with Crippen LogP contribution in [0, 0.1) is 0 Å². The first-order valence-electron chi connectivity index (χ1n) is 16.5. The molecule has 0 saturated heterocycles. The molecule has 48 heavy (non-hydrogen) atoms. The molecule has 0 aliphatic carbocycles. The maximum absolute atomic E-state index is 15.0. The highest BCUT2D eigenvalue weighted by molar-refractivity contribution is 7.85. The molecule has 0 spiro atoms. The summed E-state index contributed by atoms with van der Waals surface area (Å²) in [6.45, 7) is 0. The fraction of sp³-hybridized carbons (Fsp3) is 0. The van der Waals surface area contributed by atoms with Crippen LogP contribution in [0.25, 0.3) is 75.8 Å². The Balaban J connectivity index is 1.27. The van der Waals surface area contributed by atoms with E-state index in [9.17, 15) is 0 Å². The number of hydrogen-bond donors (Lipinski definition) is 0. The van der Waals surface area contributed by atoms with E-state index in [-0.39, 0.29) is 0 Å². The van der Waals surface area contributed by atoms with Crippen molar-refractivity contribution in [3.05, 3.63) is 176 Å². The molecule has 224 valence electrons. The standard InChI is InChI=1S/C46H29OP/c47-48(36-13-3-1-4-14-36,37-15-5-2-6-16-37)38-26-24-30(25-27-38)35-28-34-23-22-33-11-8-18-40-39-17-7-10-31-20-21-32-12-9-19-41(45(32)43(31)39)42(29-35)46(34)44(33)40/h1-29H. The predicted molar refractivity (Wildman–Crippen MR) is 207 cm³/mol. The van der Waals surface area contributed by atoms with Crippen molar-refractivity contribution in [2.75, 3.05) is 0 Å². The van der Waals surface area contributed by atoms with Gasteiger partial charge in [-0.1, -0.05) is 164 Å². The maximum atomic E-state index is 15.0. The normalized spacial score (nSPS) is 12.2. The third kappa shape index (κ3) is 3.89. The first kappa shape index (κ1) is 27.4. The second kappa shape index (κ2) is 10.4. The second-order valence-electron chi connectivity index (χ2n) is 12.8. The first-order valence-corrected chi connectivity index (χ1v) is 18.2. The molecular formula is C46H29OP. The predicted octanol–water partition coefficient (Wildman–Crippen LogP) is 11.3. The van der Waals surface area contributed by atoms with Crippen molar-refractivity contribution in [2.24, 2.45) is 0 Å². The molecule has 0 heterocycles. The summed E-state index contributed by atoms with van der Waals surface area (Å²) in [5.41, 5.74) is 2.25. The van der Waals surface area contributed by atoms with Crippen molar-refractivity contribution >= 4 is 87.7 Å². The van der Waals surface area contributed by atoms with Gasteiger partial charge in [0.2, 0.25) is 0 Å². The molecule has 10 aromatic carbocycles. The molecule has 10 rings (SSSR count). The maximum Gasteiger partial charge on any atom is 0.171 e. The van der Waals surface area contributed by atoms with E-state index in [1.165, 1.54) is 64.6 Å². The topological polar surface area (TPSA) is 17.1 Å². The minimum atomic E-state index is -3.06. The van der Waals surface area contributed by atoms with E-state index < -0.39 is 7.14 Å². The van der Waals surface area contributed by atoms with Crippen molar-refractivity contribution in [1.82, 2.24) is 0 Å². The van der Waals surface area contributed by atoms with E-state index in [2.05, 4.69) is 115 Å². The number of hydrogen-bond acceptors (Lipinski definition) is 1. The third-order valence-corrected chi connectivity index (χ3v) is 13.3. The van der Waals surface area contributed by atoms with E-state index in [1.807, 2.05) is 60.7 Å². The molecule has 0 unspecified atom stereocenters.